The Morgan fingerprint density at radius 3 is 2.08 bits per heavy atom. The monoisotopic (exact) mass is 347 g/mol. The van der Waals surface area contributed by atoms with Gasteiger partial charge in [-0.1, -0.05) is 52.0 Å². The zero-order chi connectivity index (χ0) is 18.8. The van der Waals surface area contributed by atoms with Gasteiger partial charge < -0.3 is 10.6 Å². The lowest BCUT2D eigenvalue weighted by Crippen LogP contribution is -2.44. The largest absolute Gasteiger partial charge is 0.355 e. The van der Waals surface area contributed by atoms with Gasteiger partial charge in [-0.3, -0.25) is 14.5 Å². The second kappa shape index (κ2) is 10.9. The maximum absolute atomic E-state index is 12.5. The van der Waals surface area contributed by atoms with Crippen molar-refractivity contribution in [1.29, 1.82) is 0 Å². The molecule has 2 N–H and O–H groups in total. The molecule has 1 rings (SSSR count). The van der Waals surface area contributed by atoms with Crippen LogP contribution in [0.1, 0.15) is 51.8 Å². The molecule has 0 heterocycles. The predicted octanol–water partition coefficient (Wildman–Crippen LogP) is 2.52. The van der Waals surface area contributed by atoms with Crippen molar-refractivity contribution in [1.82, 2.24) is 15.5 Å². The van der Waals surface area contributed by atoms with Crippen LogP contribution in [-0.2, 0) is 16.0 Å². The summed E-state index contributed by atoms with van der Waals surface area (Å²) in [5, 5.41) is 5.89. The summed E-state index contributed by atoms with van der Waals surface area (Å²) in [6.07, 6.45) is 1.00. The molecule has 2 amide bonds. The lowest BCUT2D eigenvalue weighted by molar-refractivity contribution is -0.125. The van der Waals surface area contributed by atoms with Crippen LogP contribution in [0.3, 0.4) is 0 Å². The number of aryl methyl sites for hydroxylation is 1. The van der Waals surface area contributed by atoms with Crippen LogP contribution in [0.4, 0.5) is 0 Å². The van der Waals surface area contributed by atoms with E-state index in [1.807, 2.05) is 18.7 Å². The second-order valence-corrected chi connectivity index (χ2v) is 6.64. The molecule has 0 aliphatic rings. The molecule has 1 aromatic carbocycles. The maximum Gasteiger partial charge on any atom is 0.234 e. The first-order valence-corrected chi connectivity index (χ1v) is 9.28. The number of benzene rings is 1. The van der Waals surface area contributed by atoms with Gasteiger partial charge >= 0.3 is 0 Å². The van der Waals surface area contributed by atoms with Gasteiger partial charge in [0.2, 0.25) is 11.8 Å². The normalized spacial score (nSPS) is 12.3. The molecule has 0 aliphatic carbocycles. The zero-order valence-corrected chi connectivity index (χ0v) is 16.3. The van der Waals surface area contributed by atoms with E-state index in [2.05, 4.69) is 55.7 Å². The molecule has 1 atom stereocenters. The summed E-state index contributed by atoms with van der Waals surface area (Å²) in [5.74, 6) is 0.187. The fourth-order valence-electron chi connectivity index (χ4n) is 2.75. The Kier molecular flexibility index (Phi) is 9.21. The Morgan fingerprint density at radius 1 is 1.00 bits per heavy atom. The minimum Gasteiger partial charge on any atom is -0.355 e. The van der Waals surface area contributed by atoms with E-state index in [0.717, 1.165) is 12.0 Å². The van der Waals surface area contributed by atoms with Gasteiger partial charge in [0.1, 0.15) is 0 Å². The highest BCUT2D eigenvalue weighted by molar-refractivity contribution is 5.81. The van der Waals surface area contributed by atoms with Gasteiger partial charge in [0.15, 0.2) is 0 Å². The Bertz CT molecular complexity index is 540. The van der Waals surface area contributed by atoms with Crippen molar-refractivity contribution in [2.45, 2.75) is 47.1 Å². The molecule has 0 fully saturated rings. The van der Waals surface area contributed by atoms with Crippen molar-refractivity contribution in [3.63, 3.8) is 0 Å². The fraction of sp³-hybridized carbons (Fsp3) is 0.600. The number of rotatable bonds is 10. The van der Waals surface area contributed by atoms with Gasteiger partial charge in [0.05, 0.1) is 19.1 Å². The lowest BCUT2D eigenvalue weighted by atomic mass is 9.95. The zero-order valence-electron chi connectivity index (χ0n) is 16.3. The van der Waals surface area contributed by atoms with E-state index in [9.17, 15) is 9.59 Å². The number of hydrogen-bond donors (Lipinski definition) is 2. The molecule has 25 heavy (non-hydrogen) atoms. The number of nitrogens with zero attached hydrogens (tertiary/aromatic N) is 1. The third-order valence-corrected chi connectivity index (χ3v) is 4.29. The van der Waals surface area contributed by atoms with Crippen LogP contribution in [0.5, 0.6) is 0 Å². The first-order chi connectivity index (χ1) is 11.9. The van der Waals surface area contributed by atoms with Gasteiger partial charge in [-0.05, 0) is 36.9 Å². The third-order valence-electron chi connectivity index (χ3n) is 4.29. The van der Waals surface area contributed by atoms with E-state index in [1.165, 1.54) is 5.56 Å². The van der Waals surface area contributed by atoms with Gasteiger partial charge in [0.25, 0.3) is 0 Å². The van der Waals surface area contributed by atoms with E-state index in [1.54, 1.807) is 0 Å². The first-order valence-electron chi connectivity index (χ1n) is 9.28. The van der Waals surface area contributed by atoms with Gasteiger partial charge in [-0.25, -0.2) is 0 Å². The molecule has 0 bridgehead atoms. The third kappa shape index (κ3) is 7.26. The predicted molar refractivity (Wildman–Crippen MR) is 102 cm³/mol. The van der Waals surface area contributed by atoms with Crippen LogP contribution in [-0.4, -0.2) is 42.9 Å². The summed E-state index contributed by atoms with van der Waals surface area (Å²) in [7, 11) is 0. The van der Waals surface area contributed by atoms with E-state index >= 15 is 0 Å². The average molecular weight is 348 g/mol. The van der Waals surface area contributed by atoms with E-state index < -0.39 is 0 Å². The molecule has 5 nitrogen and oxygen atoms in total. The Morgan fingerprint density at radius 2 is 1.60 bits per heavy atom. The fourth-order valence-corrected chi connectivity index (χ4v) is 2.75. The quantitative estimate of drug-likeness (QED) is 0.684. The highest BCUT2D eigenvalue weighted by Crippen LogP contribution is 2.22. The van der Waals surface area contributed by atoms with Gasteiger partial charge in [-0.15, -0.1) is 0 Å². The molecular formula is C20H33N3O2. The number of carbonyl (C=O) groups is 2. The number of amides is 2. The SMILES string of the molecule is CCNC(=O)CN(CC)CC(=O)N[C@H](c1ccc(CC)cc1)C(C)C. The van der Waals surface area contributed by atoms with Crippen molar-refractivity contribution >= 4 is 11.8 Å². The van der Waals surface area contributed by atoms with Crippen LogP contribution in [0.2, 0.25) is 0 Å². The average Bonchev–Trinajstić information content (AvgIpc) is 2.59. The number of hydrogen-bond acceptors (Lipinski definition) is 3. The minimum absolute atomic E-state index is 0.0263. The van der Waals surface area contributed by atoms with E-state index in [0.29, 0.717) is 13.1 Å². The van der Waals surface area contributed by atoms with Crippen LogP contribution in [0, 0.1) is 5.92 Å². The highest BCUT2D eigenvalue weighted by Gasteiger charge is 2.20. The van der Waals surface area contributed by atoms with Gasteiger partial charge in [-0.2, -0.15) is 0 Å². The summed E-state index contributed by atoms with van der Waals surface area (Å²) in [6.45, 7) is 11.9. The molecule has 0 aromatic heterocycles. The van der Waals surface area contributed by atoms with E-state index in [4.69, 9.17) is 0 Å². The topological polar surface area (TPSA) is 61.4 Å². The molecular weight excluding hydrogens is 314 g/mol. The maximum atomic E-state index is 12.5. The minimum atomic E-state index is -0.0515. The summed E-state index contributed by atoms with van der Waals surface area (Å²) in [5.41, 5.74) is 2.41. The summed E-state index contributed by atoms with van der Waals surface area (Å²) in [4.78, 5) is 26.0. The van der Waals surface area contributed by atoms with Crippen molar-refractivity contribution in [3.8, 4) is 0 Å². The van der Waals surface area contributed by atoms with Crippen LogP contribution in [0.25, 0.3) is 0 Å². The Hall–Kier alpha value is -1.88. The van der Waals surface area contributed by atoms with Crippen LogP contribution >= 0.6 is 0 Å². The number of nitrogens with one attached hydrogen (secondary N) is 2. The first kappa shape index (κ1) is 21.2. The molecule has 140 valence electrons. The Balaban J connectivity index is 2.70. The number of likely N-dealkylation sites (N-methyl/N-ethyl adjacent to an activating group) is 2. The van der Waals surface area contributed by atoms with Crippen molar-refractivity contribution in [3.05, 3.63) is 35.4 Å². The molecule has 0 aliphatic heterocycles. The summed E-state index contributed by atoms with van der Waals surface area (Å²) in [6, 6.07) is 8.39. The van der Waals surface area contributed by atoms with Gasteiger partial charge in [0, 0.05) is 6.54 Å². The van der Waals surface area contributed by atoms with Crippen LogP contribution < -0.4 is 10.6 Å². The standard InChI is InChI=1S/C20H33N3O2/c1-6-16-9-11-17(12-10-16)20(15(4)5)22-19(25)14-23(8-3)13-18(24)21-7-2/h9-12,15,20H,6-8,13-14H2,1-5H3,(H,21,24)(H,22,25)/t20-/m0/s1. The summed E-state index contributed by atoms with van der Waals surface area (Å²) < 4.78 is 0. The van der Waals surface area contributed by atoms with E-state index in [-0.39, 0.29) is 36.9 Å². The molecule has 0 radical (unpaired) electrons. The van der Waals surface area contributed by atoms with Crippen molar-refractivity contribution in [2.24, 2.45) is 5.92 Å². The smallest absolute Gasteiger partial charge is 0.234 e. The summed E-state index contributed by atoms with van der Waals surface area (Å²) >= 11 is 0. The molecule has 0 spiro atoms. The highest BCUT2D eigenvalue weighted by atomic mass is 16.2. The van der Waals surface area contributed by atoms with Crippen LogP contribution in [0.15, 0.2) is 24.3 Å². The molecule has 1 aromatic rings. The van der Waals surface area contributed by atoms with Crippen molar-refractivity contribution < 1.29 is 9.59 Å². The van der Waals surface area contributed by atoms with Crippen molar-refractivity contribution in [2.75, 3.05) is 26.2 Å². The number of carbonyl (C=O) groups excluding carboxylic acids is 2. The molecule has 0 unspecified atom stereocenters. The second-order valence-electron chi connectivity index (χ2n) is 6.64. The molecule has 0 saturated heterocycles. The molecule has 5 heteroatoms. The Labute approximate surface area is 152 Å². The lowest BCUT2D eigenvalue weighted by Gasteiger charge is -2.25. The molecule has 0 saturated carbocycles.